The van der Waals surface area contributed by atoms with Crippen molar-refractivity contribution < 1.29 is 9.13 Å². The van der Waals surface area contributed by atoms with Crippen molar-refractivity contribution in [3.05, 3.63) is 47.5 Å². The summed E-state index contributed by atoms with van der Waals surface area (Å²) in [5, 5.41) is 7.14. The normalized spacial score (nSPS) is 10.7. The standard InChI is InChI=1S/C14H18FN3O/c1-3-18-9-13(8-17-18)19-10-12-6-11(7-16-2)4-5-14(12)15/h4-6,8-9,16H,3,7,10H2,1-2H3. The molecule has 1 aromatic carbocycles. The fourth-order valence-corrected chi connectivity index (χ4v) is 1.81. The highest BCUT2D eigenvalue weighted by Gasteiger charge is 2.05. The third-order valence-electron chi connectivity index (χ3n) is 2.82. The first-order valence-electron chi connectivity index (χ1n) is 6.30. The number of rotatable bonds is 6. The summed E-state index contributed by atoms with van der Waals surface area (Å²) in [6.07, 6.45) is 3.44. The summed E-state index contributed by atoms with van der Waals surface area (Å²) in [6, 6.07) is 5.06. The minimum absolute atomic E-state index is 0.207. The molecule has 0 radical (unpaired) electrons. The van der Waals surface area contributed by atoms with Crippen LogP contribution >= 0.6 is 0 Å². The zero-order valence-corrected chi connectivity index (χ0v) is 11.2. The molecular weight excluding hydrogens is 245 g/mol. The molecule has 0 aliphatic carbocycles. The molecule has 0 atom stereocenters. The molecule has 0 aliphatic rings. The van der Waals surface area contributed by atoms with Crippen molar-refractivity contribution >= 4 is 0 Å². The van der Waals surface area contributed by atoms with Crippen LogP contribution in [0.25, 0.3) is 0 Å². The number of aromatic nitrogens is 2. The van der Waals surface area contributed by atoms with E-state index in [1.807, 2.05) is 20.0 Å². The predicted octanol–water partition coefficient (Wildman–Crippen LogP) is 2.34. The Bertz CT molecular complexity index is 539. The van der Waals surface area contributed by atoms with Crippen LogP contribution in [0, 0.1) is 5.82 Å². The molecule has 0 bridgehead atoms. The summed E-state index contributed by atoms with van der Waals surface area (Å²) in [5.41, 5.74) is 1.59. The minimum atomic E-state index is -0.247. The van der Waals surface area contributed by atoms with E-state index in [1.54, 1.807) is 23.1 Å². The summed E-state index contributed by atoms with van der Waals surface area (Å²) >= 11 is 0. The van der Waals surface area contributed by atoms with Gasteiger partial charge in [0, 0.05) is 18.7 Å². The van der Waals surface area contributed by atoms with Crippen molar-refractivity contribution in [2.45, 2.75) is 26.6 Å². The molecule has 1 N–H and O–H groups in total. The van der Waals surface area contributed by atoms with Crippen LogP contribution in [-0.2, 0) is 19.7 Å². The van der Waals surface area contributed by atoms with Gasteiger partial charge in [0.05, 0.1) is 12.4 Å². The summed E-state index contributed by atoms with van der Waals surface area (Å²) in [5.74, 6) is 0.406. The molecule has 4 nitrogen and oxygen atoms in total. The molecule has 1 heterocycles. The van der Waals surface area contributed by atoms with Gasteiger partial charge in [-0.2, -0.15) is 5.10 Å². The smallest absolute Gasteiger partial charge is 0.157 e. The van der Waals surface area contributed by atoms with E-state index >= 15 is 0 Å². The maximum atomic E-state index is 13.7. The largest absolute Gasteiger partial charge is 0.486 e. The number of halogens is 1. The van der Waals surface area contributed by atoms with Gasteiger partial charge in [-0.15, -0.1) is 0 Å². The topological polar surface area (TPSA) is 39.1 Å². The highest BCUT2D eigenvalue weighted by molar-refractivity contribution is 5.25. The Balaban J connectivity index is 2.03. The highest BCUT2D eigenvalue weighted by atomic mass is 19.1. The first-order valence-corrected chi connectivity index (χ1v) is 6.30. The fraction of sp³-hybridized carbons (Fsp3) is 0.357. The Kier molecular flexibility index (Phi) is 4.52. The van der Waals surface area contributed by atoms with Crippen LogP contribution in [0.3, 0.4) is 0 Å². The van der Waals surface area contributed by atoms with E-state index in [-0.39, 0.29) is 12.4 Å². The van der Waals surface area contributed by atoms with Crippen molar-refractivity contribution in [3.63, 3.8) is 0 Å². The molecule has 0 saturated carbocycles. The fourth-order valence-electron chi connectivity index (χ4n) is 1.81. The van der Waals surface area contributed by atoms with Crippen LogP contribution < -0.4 is 10.1 Å². The summed E-state index contributed by atoms with van der Waals surface area (Å²) < 4.78 is 21.0. The Hall–Kier alpha value is -1.88. The maximum Gasteiger partial charge on any atom is 0.157 e. The van der Waals surface area contributed by atoms with E-state index < -0.39 is 0 Å². The van der Waals surface area contributed by atoms with E-state index in [1.165, 1.54) is 6.07 Å². The van der Waals surface area contributed by atoms with E-state index in [0.717, 1.165) is 12.1 Å². The van der Waals surface area contributed by atoms with Gasteiger partial charge in [-0.05, 0) is 31.7 Å². The quantitative estimate of drug-likeness (QED) is 0.869. The molecule has 0 aliphatic heterocycles. The van der Waals surface area contributed by atoms with Gasteiger partial charge in [-0.1, -0.05) is 6.07 Å². The van der Waals surface area contributed by atoms with Crippen LogP contribution in [0.2, 0.25) is 0 Å². The molecular formula is C14H18FN3O. The van der Waals surface area contributed by atoms with Crippen LogP contribution in [0.4, 0.5) is 4.39 Å². The number of nitrogens with one attached hydrogen (secondary N) is 1. The second-order valence-electron chi connectivity index (χ2n) is 4.28. The summed E-state index contributed by atoms with van der Waals surface area (Å²) in [6.45, 7) is 3.70. The van der Waals surface area contributed by atoms with Gasteiger partial charge >= 0.3 is 0 Å². The lowest BCUT2D eigenvalue weighted by atomic mass is 10.1. The number of benzene rings is 1. The molecule has 0 saturated heterocycles. The summed E-state index contributed by atoms with van der Waals surface area (Å²) in [4.78, 5) is 0. The summed E-state index contributed by atoms with van der Waals surface area (Å²) in [7, 11) is 1.86. The predicted molar refractivity (Wildman–Crippen MR) is 71.4 cm³/mol. The first kappa shape index (κ1) is 13.5. The molecule has 19 heavy (non-hydrogen) atoms. The first-order chi connectivity index (χ1) is 9.22. The van der Waals surface area contributed by atoms with Gasteiger partial charge in [0.2, 0.25) is 0 Å². The molecule has 2 aromatic rings. The van der Waals surface area contributed by atoms with E-state index in [0.29, 0.717) is 17.9 Å². The third-order valence-corrected chi connectivity index (χ3v) is 2.82. The molecule has 5 heteroatoms. The van der Waals surface area contributed by atoms with E-state index in [4.69, 9.17) is 4.74 Å². The lowest BCUT2D eigenvalue weighted by Crippen LogP contribution is -2.07. The monoisotopic (exact) mass is 263 g/mol. The second kappa shape index (κ2) is 6.33. The van der Waals surface area contributed by atoms with Crippen molar-refractivity contribution in [1.29, 1.82) is 0 Å². The Labute approximate surface area is 112 Å². The van der Waals surface area contributed by atoms with Gasteiger partial charge in [0.1, 0.15) is 12.4 Å². The number of nitrogens with zero attached hydrogens (tertiary/aromatic N) is 2. The number of ether oxygens (including phenoxy) is 1. The van der Waals surface area contributed by atoms with Crippen LogP contribution in [-0.4, -0.2) is 16.8 Å². The van der Waals surface area contributed by atoms with Gasteiger partial charge in [0.15, 0.2) is 5.75 Å². The van der Waals surface area contributed by atoms with Crippen molar-refractivity contribution in [2.75, 3.05) is 7.05 Å². The van der Waals surface area contributed by atoms with Crippen molar-refractivity contribution in [1.82, 2.24) is 15.1 Å². The van der Waals surface area contributed by atoms with Gasteiger partial charge in [-0.3, -0.25) is 4.68 Å². The average Bonchev–Trinajstić information content (AvgIpc) is 2.88. The third kappa shape index (κ3) is 3.54. The Morgan fingerprint density at radius 2 is 2.26 bits per heavy atom. The molecule has 0 amide bonds. The average molecular weight is 263 g/mol. The Morgan fingerprint density at radius 3 is 2.95 bits per heavy atom. The van der Waals surface area contributed by atoms with Gasteiger partial charge in [-0.25, -0.2) is 4.39 Å². The van der Waals surface area contributed by atoms with E-state index in [2.05, 4.69) is 10.4 Å². The SMILES string of the molecule is CCn1cc(OCc2cc(CNC)ccc2F)cn1. The second-order valence-corrected chi connectivity index (χ2v) is 4.28. The molecule has 0 spiro atoms. The lowest BCUT2D eigenvalue weighted by molar-refractivity contribution is 0.299. The number of hydrogen-bond donors (Lipinski definition) is 1. The zero-order chi connectivity index (χ0) is 13.7. The Morgan fingerprint density at radius 1 is 1.42 bits per heavy atom. The molecule has 1 aromatic heterocycles. The number of aryl methyl sites for hydroxylation is 1. The highest BCUT2D eigenvalue weighted by Crippen LogP contribution is 2.15. The maximum absolute atomic E-state index is 13.7. The van der Waals surface area contributed by atoms with Crippen molar-refractivity contribution in [3.8, 4) is 5.75 Å². The van der Waals surface area contributed by atoms with Crippen LogP contribution in [0.1, 0.15) is 18.1 Å². The van der Waals surface area contributed by atoms with Crippen LogP contribution in [0.5, 0.6) is 5.75 Å². The minimum Gasteiger partial charge on any atom is -0.486 e. The lowest BCUT2D eigenvalue weighted by Gasteiger charge is -2.07. The van der Waals surface area contributed by atoms with E-state index in [9.17, 15) is 4.39 Å². The van der Waals surface area contributed by atoms with Gasteiger partial charge in [0.25, 0.3) is 0 Å². The number of hydrogen-bond acceptors (Lipinski definition) is 3. The molecule has 102 valence electrons. The van der Waals surface area contributed by atoms with Gasteiger partial charge < -0.3 is 10.1 Å². The molecule has 2 rings (SSSR count). The van der Waals surface area contributed by atoms with Crippen LogP contribution in [0.15, 0.2) is 30.6 Å². The zero-order valence-electron chi connectivity index (χ0n) is 11.2. The molecule has 0 fully saturated rings. The van der Waals surface area contributed by atoms with Crippen molar-refractivity contribution in [2.24, 2.45) is 0 Å². The molecule has 0 unspecified atom stereocenters.